The zero-order valence-electron chi connectivity index (χ0n) is 46.3. The fourth-order valence-corrected chi connectivity index (χ4v) is 9.34. The van der Waals surface area contributed by atoms with Crippen LogP contribution in [0.15, 0.2) is 48.6 Å². The van der Waals surface area contributed by atoms with Crippen LogP contribution in [0.1, 0.15) is 277 Å². The van der Waals surface area contributed by atoms with Crippen molar-refractivity contribution in [2.24, 2.45) is 0 Å². The van der Waals surface area contributed by atoms with Crippen molar-refractivity contribution < 1.29 is 32.9 Å². The van der Waals surface area contributed by atoms with Crippen LogP contribution < -0.4 is 5.32 Å². The number of carbonyl (C=O) groups excluding carboxylic acids is 1. The molecule has 9 heteroatoms. The summed E-state index contributed by atoms with van der Waals surface area (Å²) in [6.07, 6.45) is 67.9. The maximum absolute atomic E-state index is 13.0. The van der Waals surface area contributed by atoms with Crippen LogP contribution in [0, 0.1) is 0 Å². The monoisotopic (exact) mass is 992 g/mol. The number of likely N-dealkylation sites (N-methyl/N-ethyl adjacent to an activating group) is 1. The fourth-order valence-electron chi connectivity index (χ4n) is 8.60. The smallest absolute Gasteiger partial charge is 0.387 e. The van der Waals surface area contributed by atoms with E-state index in [-0.39, 0.29) is 19.1 Å². The summed E-state index contributed by atoms with van der Waals surface area (Å²) in [5, 5.41) is 13.9. The van der Waals surface area contributed by atoms with Crippen molar-refractivity contribution >= 4 is 13.7 Å². The summed E-state index contributed by atoms with van der Waals surface area (Å²) < 4.78 is 23.7. The van der Waals surface area contributed by atoms with Gasteiger partial charge in [0.25, 0.3) is 0 Å². The van der Waals surface area contributed by atoms with E-state index in [9.17, 15) is 19.4 Å². The minimum Gasteiger partial charge on any atom is -0.387 e. The van der Waals surface area contributed by atoms with Crippen LogP contribution in [-0.2, 0) is 18.4 Å². The molecule has 0 aromatic rings. The van der Waals surface area contributed by atoms with Gasteiger partial charge in [0.05, 0.1) is 39.9 Å². The van der Waals surface area contributed by atoms with E-state index in [0.29, 0.717) is 17.4 Å². The zero-order valence-corrected chi connectivity index (χ0v) is 47.2. The Morgan fingerprint density at radius 1 is 0.478 bits per heavy atom. The molecule has 0 heterocycles. The van der Waals surface area contributed by atoms with E-state index < -0.39 is 20.0 Å². The molecule has 0 aromatic heterocycles. The van der Waals surface area contributed by atoms with Crippen molar-refractivity contribution in [1.29, 1.82) is 0 Å². The van der Waals surface area contributed by atoms with E-state index in [1.54, 1.807) is 6.08 Å². The average Bonchev–Trinajstić information content (AvgIpc) is 3.31. The Balaban J connectivity index is 4.28. The lowest BCUT2D eigenvalue weighted by molar-refractivity contribution is -0.870. The normalized spacial score (nSPS) is 14.2. The number of quaternary nitrogens is 1. The number of aliphatic hydroxyl groups is 1. The highest BCUT2D eigenvalue weighted by molar-refractivity contribution is 7.47. The van der Waals surface area contributed by atoms with E-state index in [4.69, 9.17) is 9.05 Å². The molecule has 0 rings (SSSR count). The van der Waals surface area contributed by atoms with Crippen LogP contribution in [-0.4, -0.2) is 73.4 Å². The molecule has 0 fully saturated rings. The number of unbranched alkanes of at least 4 members (excludes halogenated alkanes) is 35. The molecular weight excluding hydrogens is 876 g/mol. The number of aliphatic hydroxyl groups excluding tert-OH is 1. The summed E-state index contributed by atoms with van der Waals surface area (Å²) in [5.41, 5.74) is 0. The SMILES string of the molecule is CCCCCCCCCCCCC/C=C\CCCCCCCCCC(=O)NC(COP(=O)(O)OCC[N+](C)(C)C)C(O)/C=C/CC/C=C/CC/C=C/CCCCCCCCCCCCCCCCC. The van der Waals surface area contributed by atoms with Gasteiger partial charge in [-0.2, -0.15) is 0 Å². The Morgan fingerprint density at radius 2 is 0.797 bits per heavy atom. The lowest BCUT2D eigenvalue weighted by Crippen LogP contribution is -2.45. The Hall–Kier alpha value is -1.54. The van der Waals surface area contributed by atoms with Gasteiger partial charge < -0.3 is 19.8 Å². The van der Waals surface area contributed by atoms with Gasteiger partial charge in [0.2, 0.25) is 5.91 Å². The first kappa shape index (κ1) is 67.5. The summed E-state index contributed by atoms with van der Waals surface area (Å²) in [4.78, 5) is 23.3. The number of carbonyl (C=O) groups is 1. The standard InChI is InChI=1S/C60H115N2O6P/c1-6-8-10-12-14-16-18-20-22-24-26-28-30-31-32-33-35-37-39-41-43-45-47-49-51-53-59(63)58(57-68-69(65,66)67-56-55-62(3,4)5)61-60(64)54-52-50-48-46-44-42-40-38-36-34-29-27-25-23-21-19-17-15-13-11-9-7-2/h34-37,43,45,51,53,58-59,63H,6-33,38-42,44,46-50,52,54-57H2,1-5H3,(H-,61,64,65,66)/p+1/b36-34-,37-35+,45-43+,53-51+. The number of hydrogen-bond acceptors (Lipinski definition) is 5. The summed E-state index contributed by atoms with van der Waals surface area (Å²) in [6.45, 7) is 4.82. The molecule has 3 atom stereocenters. The predicted octanol–water partition coefficient (Wildman–Crippen LogP) is 17.9. The number of nitrogens with one attached hydrogen (secondary N) is 1. The molecule has 69 heavy (non-hydrogen) atoms. The lowest BCUT2D eigenvalue weighted by atomic mass is 10.0. The number of phosphoric ester groups is 1. The second-order valence-electron chi connectivity index (χ2n) is 21.3. The molecule has 0 saturated carbocycles. The molecule has 406 valence electrons. The average molecular weight is 993 g/mol. The third-order valence-corrected chi connectivity index (χ3v) is 14.2. The van der Waals surface area contributed by atoms with Gasteiger partial charge >= 0.3 is 7.82 Å². The molecule has 0 aliphatic rings. The van der Waals surface area contributed by atoms with Gasteiger partial charge in [0, 0.05) is 6.42 Å². The number of rotatable bonds is 54. The molecule has 0 saturated heterocycles. The summed E-state index contributed by atoms with van der Waals surface area (Å²) in [6, 6.07) is -0.873. The summed E-state index contributed by atoms with van der Waals surface area (Å²) in [5.74, 6) is -0.193. The van der Waals surface area contributed by atoms with E-state index in [2.05, 4.69) is 55.6 Å². The molecule has 0 radical (unpaired) electrons. The number of nitrogens with zero attached hydrogens (tertiary/aromatic N) is 1. The topological polar surface area (TPSA) is 105 Å². The largest absolute Gasteiger partial charge is 0.472 e. The highest BCUT2D eigenvalue weighted by Gasteiger charge is 2.27. The van der Waals surface area contributed by atoms with Crippen LogP contribution in [0.3, 0.4) is 0 Å². The number of hydrogen-bond donors (Lipinski definition) is 3. The van der Waals surface area contributed by atoms with Gasteiger partial charge in [-0.05, 0) is 70.6 Å². The molecule has 3 N–H and O–H groups in total. The maximum Gasteiger partial charge on any atom is 0.472 e. The third kappa shape index (κ3) is 54.1. The minimum atomic E-state index is -4.36. The van der Waals surface area contributed by atoms with Gasteiger partial charge in [0.1, 0.15) is 13.2 Å². The van der Waals surface area contributed by atoms with Crippen LogP contribution >= 0.6 is 7.82 Å². The number of amides is 1. The van der Waals surface area contributed by atoms with Crippen molar-refractivity contribution in [1.82, 2.24) is 5.32 Å². The minimum absolute atomic E-state index is 0.0523. The van der Waals surface area contributed by atoms with E-state index in [1.165, 1.54) is 212 Å². The Bertz CT molecular complexity index is 1260. The fraction of sp³-hybridized carbons (Fsp3) is 0.850. The third-order valence-electron chi connectivity index (χ3n) is 13.2. The molecule has 8 nitrogen and oxygen atoms in total. The van der Waals surface area contributed by atoms with Crippen LogP contribution in [0.25, 0.3) is 0 Å². The summed E-state index contributed by atoms with van der Waals surface area (Å²) >= 11 is 0. The van der Waals surface area contributed by atoms with Crippen LogP contribution in [0.4, 0.5) is 0 Å². The van der Waals surface area contributed by atoms with Gasteiger partial charge in [-0.1, -0.05) is 249 Å². The van der Waals surface area contributed by atoms with Crippen molar-refractivity contribution in [3.05, 3.63) is 48.6 Å². The molecule has 1 amide bonds. The highest BCUT2D eigenvalue weighted by Crippen LogP contribution is 2.43. The molecule has 3 unspecified atom stereocenters. The van der Waals surface area contributed by atoms with Crippen molar-refractivity contribution in [3.8, 4) is 0 Å². The Kier molecular flexibility index (Phi) is 50.2. The molecular formula is C60H116N2O6P+. The number of allylic oxidation sites excluding steroid dienone is 7. The van der Waals surface area contributed by atoms with Crippen molar-refractivity contribution in [2.45, 2.75) is 289 Å². The predicted molar refractivity (Wildman–Crippen MR) is 300 cm³/mol. The molecule has 0 aromatic carbocycles. The first-order valence-corrected chi connectivity index (χ1v) is 31.0. The Labute approximate surface area is 429 Å². The first-order chi connectivity index (χ1) is 33.5. The van der Waals surface area contributed by atoms with Gasteiger partial charge in [0.15, 0.2) is 0 Å². The lowest BCUT2D eigenvalue weighted by Gasteiger charge is -2.25. The van der Waals surface area contributed by atoms with Gasteiger partial charge in [-0.3, -0.25) is 13.8 Å². The first-order valence-electron chi connectivity index (χ1n) is 29.5. The van der Waals surface area contributed by atoms with Crippen LogP contribution in [0.2, 0.25) is 0 Å². The van der Waals surface area contributed by atoms with E-state index >= 15 is 0 Å². The maximum atomic E-state index is 13.0. The van der Waals surface area contributed by atoms with E-state index in [1.807, 2.05) is 27.2 Å². The Morgan fingerprint density at radius 3 is 1.16 bits per heavy atom. The quantitative estimate of drug-likeness (QED) is 0.0243. The van der Waals surface area contributed by atoms with E-state index in [0.717, 1.165) is 44.9 Å². The second kappa shape index (κ2) is 51.4. The molecule has 0 aliphatic carbocycles. The van der Waals surface area contributed by atoms with Crippen molar-refractivity contribution in [2.75, 3.05) is 40.9 Å². The molecule has 0 bridgehead atoms. The zero-order chi connectivity index (χ0) is 50.6. The van der Waals surface area contributed by atoms with Gasteiger partial charge in [-0.15, -0.1) is 0 Å². The summed E-state index contributed by atoms with van der Waals surface area (Å²) in [7, 11) is 1.55. The molecule has 0 aliphatic heterocycles. The van der Waals surface area contributed by atoms with Gasteiger partial charge in [-0.25, -0.2) is 4.57 Å². The number of phosphoric acid groups is 1. The highest BCUT2D eigenvalue weighted by atomic mass is 31.2. The second-order valence-corrected chi connectivity index (χ2v) is 22.8. The molecule has 0 spiro atoms. The van der Waals surface area contributed by atoms with Crippen LogP contribution in [0.5, 0.6) is 0 Å². The van der Waals surface area contributed by atoms with Crippen molar-refractivity contribution in [3.63, 3.8) is 0 Å².